The normalized spacial score (nSPS) is 14.3. The number of aryl methyl sites for hydroxylation is 2. The van der Waals surface area contributed by atoms with Gasteiger partial charge >= 0.3 is 0 Å². The minimum atomic E-state index is -0.487. The van der Waals surface area contributed by atoms with Gasteiger partial charge in [-0.1, -0.05) is 177 Å². The average Bonchev–Trinajstić information content (AvgIpc) is 1.57. The lowest BCUT2D eigenvalue weighted by molar-refractivity contribution is 0.564. The first kappa shape index (κ1) is 52.1. The van der Waals surface area contributed by atoms with E-state index in [4.69, 9.17) is 23.2 Å². The van der Waals surface area contributed by atoms with Crippen LogP contribution in [0, 0.1) is 13.8 Å². The molecule has 0 unspecified atom stereocenters. The van der Waals surface area contributed by atoms with Gasteiger partial charge in [-0.2, -0.15) is 0 Å². The number of benzene rings is 9. The molecule has 0 fully saturated rings. The molecule has 15 rings (SSSR count). The van der Waals surface area contributed by atoms with Gasteiger partial charge in [-0.05, 0) is 143 Å². The van der Waals surface area contributed by atoms with Gasteiger partial charge in [0, 0.05) is 89.6 Å². The molecule has 14 aromatic rings. The molecule has 7 nitrogen and oxygen atoms in total. The number of anilines is 6. The van der Waals surface area contributed by atoms with Crippen LogP contribution in [0.15, 0.2) is 220 Å². The molecule has 416 valence electrons. The maximum atomic E-state index is 7.34. The molecule has 0 bridgehead atoms. The summed E-state index contributed by atoms with van der Waals surface area (Å²) in [5, 5.41) is 6.37. The van der Waals surface area contributed by atoms with Gasteiger partial charge < -0.3 is 13.3 Å². The first-order valence-electron chi connectivity index (χ1n) is 29.8. The summed E-state index contributed by atoms with van der Waals surface area (Å²) in [4.78, 5) is 15.7. The minimum Gasteiger partial charge on any atom is -0.455 e. The summed E-state index contributed by atoms with van der Waals surface area (Å²) < 4.78 is 20.9. The van der Waals surface area contributed by atoms with Crippen molar-refractivity contribution in [3.63, 3.8) is 0 Å². The summed E-state index contributed by atoms with van der Waals surface area (Å²) >= 11 is 0. The highest BCUT2D eigenvalue weighted by atomic mass is 16.3. The van der Waals surface area contributed by atoms with Gasteiger partial charge in [-0.15, -0.1) is 0 Å². The fourth-order valence-corrected chi connectivity index (χ4v) is 13.4. The van der Waals surface area contributed by atoms with Crippen LogP contribution in [0.5, 0.6) is 0 Å². The second-order valence-electron chi connectivity index (χ2n) is 25.6. The second kappa shape index (κ2) is 19.2. The van der Waals surface area contributed by atoms with E-state index < -0.39 is 5.41 Å². The lowest BCUT2D eigenvalue weighted by atomic mass is 9.77. The summed E-state index contributed by atoms with van der Waals surface area (Å²) in [6.45, 7) is 22.6. The third-order valence-electron chi connectivity index (χ3n) is 18.1. The average molecular weight is 1110 g/mol. The number of fused-ring (bicyclic) bond motifs is 13. The van der Waals surface area contributed by atoms with Gasteiger partial charge in [0.2, 0.25) is 0 Å². The topological polar surface area (TPSA) is 71.7 Å². The Hall–Kier alpha value is -9.72. The molecular formula is C78H66N4O3. The van der Waals surface area contributed by atoms with Crippen molar-refractivity contribution in [3.8, 4) is 33.4 Å². The molecule has 0 saturated heterocycles. The molecule has 0 amide bonds. The van der Waals surface area contributed by atoms with Crippen molar-refractivity contribution in [2.24, 2.45) is 0 Å². The lowest BCUT2D eigenvalue weighted by Crippen LogP contribution is -2.21. The predicted molar refractivity (Wildman–Crippen MR) is 353 cm³/mol. The molecule has 0 saturated carbocycles. The Morgan fingerprint density at radius 1 is 0.412 bits per heavy atom. The van der Waals surface area contributed by atoms with Crippen LogP contribution in [0.2, 0.25) is 0 Å². The number of hydrogen-bond acceptors (Lipinski definition) is 7. The number of furan rings is 3. The Morgan fingerprint density at radius 2 is 0.859 bits per heavy atom. The number of rotatable bonds is 9. The summed E-state index contributed by atoms with van der Waals surface area (Å²) in [6.07, 6.45) is 4.79. The quantitative estimate of drug-likeness (QED) is 0.143. The molecule has 5 heterocycles. The van der Waals surface area contributed by atoms with Crippen molar-refractivity contribution >= 4 is 100 Å². The number of para-hydroxylation sites is 5. The Bertz CT molecular complexity index is 5010. The lowest BCUT2D eigenvalue weighted by Gasteiger charge is -2.32. The van der Waals surface area contributed by atoms with E-state index in [1.165, 1.54) is 22.3 Å². The molecular weight excluding hydrogens is 1040 g/mol. The molecule has 1 aliphatic carbocycles. The highest BCUT2D eigenvalue weighted by Crippen LogP contribution is 2.59. The highest BCUT2D eigenvalue weighted by molar-refractivity contribution is 6.20. The van der Waals surface area contributed by atoms with Crippen LogP contribution in [-0.4, -0.2) is 9.97 Å². The molecule has 7 heteroatoms. The monoisotopic (exact) mass is 1110 g/mol. The van der Waals surface area contributed by atoms with E-state index in [2.05, 4.69) is 261 Å². The molecule has 85 heavy (non-hydrogen) atoms. The van der Waals surface area contributed by atoms with Crippen molar-refractivity contribution in [2.45, 2.75) is 91.9 Å². The summed E-state index contributed by atoms with van der Waals surface area (Å²) in [5.41, 5.74) is 21.6. The summed E-state index contributed by atoms with van der Waals surface area (Å²) in [5.74, 6) is 1.60. The van der Waals surface area contributed by atoms with Crippen molar-refractivity contribution < 1.29 is 13.3 Å². The van der Waals surface area contributed by atoms with Crippen LogP contribution in [0.3, 0.4) is 0 Å². The van der Waals surface area contributed by atoms with Gasteiger partial charge in [0.05, 0.1) is 11.1 Å². The van der Waals surface area contributed by atoms with Crippen molar-refractivity contribution in [1.29, 1.82) is 0 Å². The number of aromatic nitrogens is 2. The molecule has 0 radical (unpaired) electrons. The second-order valence-corrected chi connectivity index (χ2v) is 25.6. The van der Waals surface area contributed by atoms with E-state index in [1.807, 2.05) is 24.5 Å². The first-order chi connectivity index (χ1) is 41.1. The molecule has 1 atom stereocenters. The first-order valence-corrected chi connectivity index (χ1v) is 29.8. The van der Waals surface area contributed by atoms with E-state index in [0.29, 0.717) is 0 Å². The molecule has 9 aromatic carbocycles. The van der Waals surface area contributed by atoms with E-state index in [1.54, 1.807) is 0 Å². The van der Waals surface area contributed by atoms with E-state index in [0.717, 1.165) is 151 Å². The van der Waals surface area contributed by atoms with Crippen LogP contribution in [-0.2, 0) is 16.2 Å². The van der Waals surface area contributed by atoms with Gasteiger partial charge in [0.25, 0.3) is 0 Å². The predicted octanol–water partition coefficient (Wildman–Crippen LogP) is 22.4. The van der Waals surface area contributed by atoms with Gasteiger partial charge in [-0.3, -0.25) is 9.80 Å². The molecule has 0 spiro atoms. The van der Waals surface area contributed by atoms with E-state index in [-0.39, 0.29) is 10.8 Å². The zero-order valence-electron chi connectivity index (χ0n) is 49.9. The standard InChI is InChI=1S/C78H66N4O3/c1-11-78(10)63-42-52(81(50-34-30-48(31-35-50)76(4,5)6)74-61(40-46(2)44-79-74)57-25-18-23-55-53-20-12-15-27-66(53)83-71(55)57)38-39-59(63)69-64(78)43-65(70-60-22-14-17-29-68(60)85-73(69)70)82(51-36-32-49(33-37-51)77(7,8)9)75-62(41-47(3)45-80-75)58-26-19-24-56-54-21-13-16-28-67(54)84-72(56)58/h12-45H,11H2,1-10H3/t78-/m0/s1. The fourth-order valence-electron chi connectivity index (χ4n) is 13.4. The third-order valence-corrected chi connectivity index (χ3v) is 18.1. The van der Waals surface area contributed by atoms with E-state index in [9.17, 15) is 0 Å². The third kappa shape index (κ3) is 8.22. The Kier molecular flexibility index (Phi) is 11.7. The van der Waals surface area contributed by atoms with E-state index >= 15 is 0 Å². The summed E-state index contributed by atoms with van der Waals surface area (Å²) in [6, 6.07) is 70.2. The molecule has 0 aliphatic heterocycles. The Balaban J connectivity index is 0.974. The Labute approximate surface area is 495 Å². The Morgan fingerprint density at radius 3 is 1.38 bits per heavy atom. The molecule has 5 aromatic heterocycles. The maximum Gasteiger partial charge on any atom is 0.145 e. The van der Waals surface area contributed by atoms with Gasteiger partial charge in [0.1, 0.15) is 45.1 Å². The van der Waals surface area contributed by atoms with Crippen molar-refractivity contribution in [2.75, 3.05) is 9.80 Å². The zero-order valence-corrected chi connectivity index (χ0v) is 49.9. The number of nitrogens with zero attached hydrogens (tertiary/aromatic N) is 4. The molecule has 1 aliphatic rings. The zero-order chi connectivity index (χ0) is 58.3. The van der Waals surface area contributed by atoms with Crippen LogP contribution in [0.1, 0.15) is 95.2 Å². The van der Waals surface area contributed by atoms with Crippen LogP contribution in [0.4, 0.5) is 34.4 Å². The minimum absolute atomic E-state index is 0.0399. The SMILES string of the molecule is CC[C@@]1(C)c2cc(N(c3ccc(C(C)(C)C)cc3)c3ncc(C)cc3-c3cccc4c3oc3ccccc34)ccc2-c2c1cc(N(c1ccc(C(C)(C)C)cc1)c1ncc(C)cc1-c1cccc3c1oc1ccccc13)c1c2oc2ccccc21. The summed E-state index contributed by atoms with van der Waals surface area (Å²) in [7, 11) is 0. The largest absolute Gasteiger partial charge is 0.455 e. The van der Waals surface area contributed by atoms with Crippen LogP contribution in [0.25, 0.3) is 99.2 Å². The van der Waals surface area contributed by atoms with Crippen LogP contribution < -0.4 is 9.80 Å². The van der Waals surface area contributed by atoms with Crippen LogP contribution >= 0.6 is 0 Å². The fraction of sp³-hybridized carbons (Fsp3) is 0.179. The molecule has 0 N–H and O–H groups in total. The number of pyridine rings is 2. The van der Waals surface area contributed by atoms with Gasteiger partial charge in [0.15, 0.2) is 0 Å². The number of hydrogen-bond donors (Lipinski definition) is 0. The smallest absolute Gasteiger partial charge is 0.145 e. The maximum absolute atomic E-state index is 7.34. The highest BCUT2D eigenvalue weighted by Gasteiger charge is 2.43. The van der Waals surface area contributed by atoms with Crippen molar-refractivity contribution in [3.05, 3.63) is 240 Å². The van der Waals surface area contributed by atoms with Gasteiger partial charge in [-0.25, -0.2) is 9.97 Å². The van der Waals surface area contributed by atoms with Crippen molar-refractivity contribution in [1.82, 2.24) is 9.97 Å².